The number of para-hydroxylation sites is 1. The fourth-order valence-electron chi connectivity index (χ4n) is 2.66. The Labute approximate surface area is 125 Å². The number of nitrogens with zero attached hydrogens (tertiary/aromatic N) is 1. The molecule has 2 rings (SSSR count). The second-order valence-electron chi connectivity index (χ2n) is 5.32. The molecule has 1 heterocycles. The van der Waals surface area contributed by atoms with Gasteiger partial charge in [0, 0.05) is 23.6 Å². The van der Waals surface area contributed by atoms with E-state index in [2.05, 4.69) is 22.9 Å². The first-order valence-electron chi connectivity index (χ1n) is 7.60. The van der Waals surface area contributed by atoms with Crippen LogP contribution in [0.1, 0.15) is 31.2 Å². The van der Waals surface area contributed by atoms with E-state index in [0.29, 0.717) is 6.42 Å². The standard InChI is InChI=1S/C17H24N2O2/c1-21-17(20)12-14-13-19(11-7-3-2-6-10-18)16-9-5-4-8-15(14)16/h4-5,8-9,13H,2-3,6-7,10-12,18H2,1H3. The maximum Gasteiger partial charge on any atom is 0.310 e. The summed E-state index contributed by atoms with van der Waals surface area (Å²) in [5, 5.41) is 1.14. The lowest BCUT2D eigenvalue weighted by atomic mass is 10.1. The van der Waals surface area contributed by atoms with E-state index < -0.39 is 0 Å². The first-order chi connectivity index (χ1) is 10.3. The number of aryl methyl sites for hydroxylation is 1. The van der Waals surface area contributed by atoms with Crippen LogP contribution in [-0.4, -0.2) is 24.2 Å². The molecule has 0 spiro atoms. The number of unbranched alkanes of at least 4 members (excludes halogenated alkanes) is 3. The third kappa shape index (κ3) is 4.08. The van der Waals surface area contributed by atoms with Gasteiger partial charge < -0.3 is 15.0 Å². The van der Waals surface area contributed by atoms with Crippen LogP contribution in [0.2, 0.25) is 0 Å². The molecule has 0 aliphatic carbocycles. The average Bonchev–Trinajstić information content (AvgIpc) is 2.85. The average molecular weight is 288 g/mol. The second-order valence-corrected chi connectivity index (χ2v) is 5.32. The largest absolute Gasteiger partial charge is 0.469 e. The molecule has 1 aromatic carbocycles. The highest BCUT2D eigenvalue weighted by atomic mass is 16.5. The summed E-state index contributed by atoms with van der Waals surface area (Å²) in [6.07, 6.45) is 7.03. The zero-order chi connectivity index (χ0) is 15.1. The zero-order valence-electron chi connectivity index (χ0n) is 12.7. The smallest absolute Gasteiger partial charge is 0.310 e. The van der Waals surface area contributed by atoms with Crippen molar-refractivity contribution < 1.29 is 9.53 Å². The van der Waals surface area contributed by atoms with Crippen LogP contribution < -0.4 is 5.73 Å². The van der Waals surface area contributed by atoms with Crippen molar-refractivity contribution in [1.29, 1.82) is 0 Å². The monoisotopic (exact) mass is 288 g/mol. The van der Waals surface area contributed by atoms with Gasteiger partial charge in [-0.3, -0.25) is 4.79 Å². The van der Waals surface area contributed by atoms with Crippen LogP contribution in [0.5, 0.6) is 0 Å². The molecule has 21 heavy (non-hydrogen) atoms. The number of fused-ring (bicyclic) bond motifs is 1. The van der Waals surface area contributed by atoms with Gasteiger partial charge in [-0.05, 0) is 31.0 Å². The Morgan fingerprint density at radius 3 is 2.71 bits per heavy atom. The molecule has 4 heteroatoms. The van der Waals surface area contributed by atoms with Crippen LogP contribution in [0.4, 0.5) is 0 Å². The molecule has 0 saturated carbocycles. The van der Waals surface area contributed by atoms with Crippen LogP contribution in [0.15, 0.2) is 30.5 Å². The molecule has 2 N–H and O–H groups in total. The van der Waals surface area contributed by atoms with Gasteiger partial charge in [0.05, 0.1) is 13.5 Å². The first kappa shape index (κ1) is 15.6. The molecule has 0 radical (unpaired) electrons. The lowest BCUT2D eigenvalue weighted by molar-refractivity contribution is -0.139. The summed E-state index contributed by atoms with van der Waals surface area (Å²) in [6.45, 7) is 1.75. The predicted molar refractivity (Wildman–Crippen MR) is 85.2 cm³/mol. The third-order valence-corrected chi connectivity index (χ3v) is 3.79. The molecule has 0 amide bonds. The van der Waals surface area contributed by atoms with Gasteiger partial charge in [-0.25, -0.2) is 0 Å². The highest BCUT2D eigenvalue weighted by Gasteiger charge is 2.11. The Balaban J connectivity index is 2.10. The molecule has 2 aromatic rings. The summed E-state index contributed by atoms with van der Waals surface area (Å²) in [5.74, 6) is -0.194. The molecule has 0 unspecified atom stereocenters. The van der Waals surface area contributed by atoms with E-state index in [-0.39, 0.29) is 5.97 Å². The summed E-state index contributed by atoms with van der Waals surface area (Å²) >= 11 is 0. The zero-order valence-corrected chi connectivity index (χ0v) is 12.7. The van der Waals surface area contributed by atoms with Crippen LogP contribution in [0, 0.1) is 0 Å². The molecule has 0 bridgehead atoms. The number of nitrogens with two attached hydrogens (primary N) is 1. The third-order valence-electron chi connectivity index (χ3n) is 3.79. The van der Waals surface area contributed by atoms with Crippen molar-refractivity contribution >= 4 is 16.9 Å². The van der Waals surface area contributed by atoms with Crippen molar-refractivity contribution in [3.63, 3.8) is 0 Å². The molecule has 1 aromatic heterocycles. The minimum absolute atomic E-state index is 0.194. The Bertz CT molecular complexity index is 589. The summed E-state index contributed by atoms with van der Waals surface area (Å²) in [4.78, 5) is 11.5. The SMILES string of the molecule is COC(=O)Cc1cn(CCCCCCN)c2ccccc12. The van der Waals surface area contributed by atoms with E-state index in [1.807, 2.05) is 12.1 Å². The molecular formula is C17H24N2O2. The topological polar surface area (TPSA) is 57.2 Å². The number of carbonyl (C=O) groups is 1. The summed E-state index contributed by atoms with van der Waals surface area (Å²) in [5.41, 5.74) is 7.74. The quantitative estimate of drug-likeness (QED) is 0.600. The number of hydrogen-bond acceptors (Lipinski definition) is 3. The molecule has 0 aliphatic rings. The molecule has 114 valence electrons. The summed E-state index contributed by atoms with van der Waals surface area (Å²) < 4.78 is 7.02. The number of hydrogen-bond donors (Lipinski definition) is 1. The maximum atomic E-state index is 11.5. The van der Waals surface area contributed by atoms with Crippen molar-refractivity contribution in [3.05, 3.63) is 36.0 Å². The molecular weight excluding hydrogens is 264 g/mol. The van der Waals surface area contributed by atoms with Crippen molar-refractivity contribution in [2.45, 2.75) is 38.6 Å². The number of rotatable bonds is 8. The number of aromatic nitrogens is 1. The van der Waals surface area contributed by atoms with Crippen LogP contribution in [0.3, 0.4) is 0 Å². The van der Waals surface area contributed by atoms with Gasteiger partial charge in [-0.2, -0.15) is 0 Å². The Hall–Kier alpha value is -1.81. The number of methoxy groups -OCH3 is 1. The van der Waals surface area contributed by atoms with Crippen molar-refractivity contribution in [1.82, 2.24) is 4.57 Å². The van der Waals surface area contributed by atoms with Gasteiger partial charge >= 0.3 is 5.97 Å². The van der Waals surface area contributed by atoms with Gasteiger partial charge in [0.25, 0.3) is 0 Å². The van der Waals surface area contributed by atoms with Crippen molar-refractivity contribution in [2.24, 2.45) is 5.73 Å². The molecule has 0 fully saturated rings. The van der Waals surface area contributed by atoms with E-state index >= 15 is 0 Å². The predicted octanol–water partition coefficient (Wildman–Crippen LogP) is 2.88. The van der Waals surface area contributed by atoms with Gasteiger partial charge in [0.1, 0.15) is 0 Å². The first-order valence-corrected chi connectivity index (χ1v) is 7.60. The maximum absolute atomic E-state index is 11.5. The Morgan fingerprint density at radius 2 is 1.95 bits per heavy atom. The van der Waals surface area contributed by atoms with E-state index in [9.17, 15) is 4.79 Å². The van der Waals surface area contributed by atoms with E-state index in [1.165, 1.54) is 25.5 Å². The number of benzene rings is 1. The summed E-state index contributed by atoms with van der Waals surface area (Å²) in [7, 11) is 1.43. The van der Waals surface area contributed by atoms with Gasteiger partial charge in [0.2, 0.25) is 0 Å². The van der Waals surface area contributed by atoms with E-state index in [4.69, 9.17) is 10.5 Å². The van der Waals surface area contributed by atoms with Crippen LogP contribution in [0.25, 0.3) is 10.9 Å². The van der Waals surface area contributed by atoms with Crippen LogP contribution >= 0.6 is 0 Å². The highest BCUT2D eigenvalue weighted by molar-refractivity contribution is 5.87. The minimum atomic E-state index is -0.194. The van der Waals surface area contributed by atoms with Gasteiger partial charge in [-0.15, -0.1) is 0 Å². The molecule has 0 atom stereocenters. The van der Waals surface area contributed by atoms with Gasteiger partial charge in [-0.1, -0.05) is 31.0 Å². The van der Waals surface area contributed by atoms with E-state index in [0.717, 1.165) is 36.9 Å². The fourth-order valence-corrected chi connectivity index (χ4v) is 2.66. The second kappa shape index (κ2) is 7.84. The van der Waals surface area contributed by atoms with Gasteiger partial charge in [0.15, 0.2) is 0 Å². The molecule has 0 aliphatic heterocycles. The van der Waals surface area contributed by atoms with Crippen LogP contribution in [-0.2, 0) is 22.5 Å². The molecule has 0 saturated heterocycles. The summed E-state index contributed by atoms with van der Waals surface area (Å²) in [6, 6.07) is 8.22. The lowest BCUT2D eigenvalue weighted by Crippen LogP contribution is -2.04. The van der Waals surface area contributed by atoms with Crippen molar-refractivity contribution in [3.8, 4) is 0 Å². The number of ether oxygens (including phenoxy) is 1. The highest BCUT2D eigenvalue weighted by Crippen LogP contribution is 2.22. The van der Waals surface area contributed by atoms with E-state index in [1.54, 1.807) is 0 Å². The number of carbonyl (C=O) groups excluding carboxylic acids is 1. The Morgan fingerprint density at radius 1 is 1.19 bits per heavy atom. The van der Waals surface area contributed by atoms with Crippen molar-refractivity contribution in [2.75, 3.05) is 13.7 Å². The molecule has 4 nitrogen and oxygen atoms in total. The fraction of sp³-hybridized carbons (Fsp3) is 0.471. The Kier molecular flexibility index (Phi) is 5.81. The number of esters is 1. The normalized spacial score (nSPS) is 11.0. The lowest BCUT2D eigenvalue weighted by Gasteiger charge is -2.05. The minimum Gasteiger partial charge on any atom is -0.469 e.